The highest BCUT2D eigenvalue weighted by atomic mass is 32.2. The number of ether oxygens (including phenoxy) is 4. The Morgan fingerprint density at radius 2 is 0.772 bits per heavy atom. The van der Waals surface area contributed by atoms with Gasteiger partial charge in [0.05, 0.1) is 72.4 Å². The van der Waals surface area contributed by atoms with Crippen molar-refractivity contribution in [2.24, 2.45) is 30.4 Å². The van der Waals surface area contributed by atoms with Gasteiger partial charge in [-0.2, -0.15) is 20.5 Å². The lowest BCUT2D eigenvalue weighted by molar-refractivity contribution is 0.373. The van der Waals surface area contributed by atoms with Crippen LogP contribution in [0.2, 0.25) is 0 Å². The van der Waals surface area contributed by atoms with Gasteiger partial charge in [0.25, 0.3) is 0 Å². The average Bonchev–Trinajstić information content (AvgIpc) is 3.25. The topological polar surface area (TPSA) is 186 Å². The predicted molar refractivity (Wildman–Crippen MR) is 217 cm³/mol. The quantitative estimate of drug-likeness (QED) is 0.0806. The number of phenols is 2. The predicted octanol–water partition coefficient (Wildman–Crippen LogP) is 10.3. The lowest BCUT2D eigenvalue weighted by Crippen LogP contribution is -2.01. The van der Waals surface area contributed by atoms with Crippen molar-refractivity contribution in [3.8, 4) is 34.5 Å². The van der Waals surface area contributed by atoms with Gasteiger partial charge in [-0.1, -0.05) is 0 Å². The highest BCUT2D eigenvalue weighted by molar-refractivity contribution is 7.91. The molecule has 14 nitrogen and oxygen atoms in total. The van der Waals surface area contributed by atoms with E-state index in [1.807, 2.05) is 0 Å². The first-order valence-corrected chi connectivity index (χ1v) is 18.6. The summed E-state index contributed by atoms with van der Waals surface area (Å²) in [6, 6.07) is 32.3. The third-order valence-electron chi connectivity index (χ3n) is 8.32. The zero-order valence-corrected chi connectivity index (χ0v) is 32.0. The molecule has 0 heterocycles. The van der Waals surface area contributed by atoms with Crippen LogP contribution in [0.3, 0.4) is 0 Å². The Bertz CT molecular complexity index is 2400. The largest absolute Gasteiger partial charge is 0.504 e. The van der Waals surface area contributed by atoms with Crippen molar-refractivity contribution in [3.05, 3.63) is 132 Å². The number of aromatic hydroxyl groups is 2. The Hall–Kier alpha value is -7.39. The van der Waals surface area contributed by atoms with Gasteiger partial charge in [-0.05, 0) is 109 Å². The summed E-state index contributed by atoms with van der Waals surface area (Å²) in [6.07, 6.45) is 2.84. The molecular formula is C42H36N6O8S. The van der Waals surface area contributed by atoms with E-state index in [0.717, 1.165) is 0 Å². The van der Waals surface area contributed by atoms with Gasteiger partial charge < -0.3 is 29.2 Å². The Kier molecular flexibility index (Phi) is 12.3. The molecule has 57 heavy (non-hydrogen) atoms. The van der Waals surface area contributed by atoms with Crippen molar-refractivity contribution in [1.82, 2.24) is 0 Å². The summed E-state index contributed by atoms with van der Waals surface area (Å²) in [5, 5.41) is 38.4. The number of aliphatic imine (C=N–C) groups is 2. The number of nitrogens with zero attached hydrogens (tertiary/aromatic N) is 6. The van der Waals surface area contributed by atoms with E-state index in [2.05, 4.69) is 30.4 Å². The van der Waals surface area contributed by atoms with Crippen LogP contribution in [0.5, 0.6) is 34.5 Å². The summed E-state index contributed by atoms with van der Waals surface area (Å²) in [5.74, 6) is 1.45. The summed E-state index contributed by atoms with van der Waals surface area (Å²) < 4.78 is 47.9. The van der Waals surface area contributed by atoms with Gasteiger partial charge in [-0.15, -0.1) is 0 Å². The molecule has 0 aliphatic rings. The first-order chi connectivity index (χ1) is 27.6. The van der Waals surface area contributed by atoms with E-state index in [0.29, 0.717) is 56.8 Å². The summed E-state index contributed by atoms with van der Waals surface area (Å²) in [7, 11) is 2.10. The van der Waals surface area contributed by atoms with Crippen LogP contribution < -0.4 is 18.9 Å². The van der Waals surface area contributed by atoms with Gasteiger partial charge in [0.1, 0.15) is 11.5 Å². The molecule has 288 valence electrons. The number of phenolic OH excluding ortho intramolecular Hbond substituents is 2. The fourth-order valence-electron chi connectivity index (χ4n) is 5.23. The Morgan fingerprint density at radius 3 is 1.11 bits per heavy atom. The molecule has 0 radical (unpaired) electrons. The number of azo groups is 2. The van der Waals surface area contributed by atoms with E-state index in [1.54, 1.807) is 111 Å². The molecule has 0 saturated carbocycles. The maximum Gasteiger partial charge on any atom is 0.206 e. The standard InChI is InChI=1S/C42H36N6O8S/c1-53-35-13-5-31(6-14-35)45-47-33-21-27(41(49)39(23-33)55-3)25-43-29-9-17-37(18-10-29)57(51,52)38-19-11-30(12-20-38)44-26-28-22-34(24-40(56-4)42(28)50)48-46-32-7-15-36(54-2)16-8-32/h5-26,49-50H,1-4H3. The molecule has 0 amide bonds. The summed E-state index contributed by atoms with van der Waals surface area (Å²) in [4.78, 5) is 8.95. The van der Waals surface area contributed by atoms with Crippen LogP contribution >= 0.6 is 0 Å². The summed E-state index contributed by atoms with van der Waals surface area (Å²) >= 11 is 0. The lowest BCUT2D eigenvalue weighted by atomic mass is 10.1. The van der Waals surface area contributed by atoms with Gasteiger partial charge >= 0.3 is 0 Å². The van der Waals surface area contributed by atoms with Crippen molar-refractivity contribution >= 4 is 56.4 Å². The van der Waals surface area contributed by atoms with E-state index in [9.17, 15) is 18.6 Å². The SMILES string of the molecule is COc1ccc(N=Nc2cc(C=Nc3ccc(S(=O)(=O)c4ccc(N=Cc5cc(N=Nc6ccc(OC)cc6)cc(OC)c5O)cc4)cc3)c(O)c(OC)c2)cc1. The molecule has 2 N–H and O–H groups in total. The van der Waals surface area contributed by atoms with Gasteiger partial charge in [-0.3, -0.25) is 9.98 Å². The average molecular weight is 785 g/mol. The van der Waals surface area contributed by atoms with Crippen molar-refractivity contribution in [3.63, 3.8) is 0 Å². The second kappa shape index (κ2) is 17.8. The van der Waals surface area contributed by atoms with E-state index in [1.165, 1.54) is 50.9 Å². The highest BCUT2D eigenvalue weighted by Crippen LogP contribution is 2.37. The third-order valence-corrected chi connectivity index (χ3v) is 10.1. The first-order valence-electron chi connectivity index (χ1n) is 17.1. The maximum absolute atomic E-state index is 13.5. The van der Waals surface area contributed by atoms with Crippen molar-refractivity contribution in [2.75, 3.05) is 28.4 Å². The molecule has 0 aromatic heterocycles. The van der Waals surface area contributed by atoms with Crippen LogP contribution in [0, 0.1) is 0 Å². The molecule has 0 bridgehead atoms. The Balaban J connectivity index is 1.14. The van der Waals surface area contributed by atoms with Crippen molar-refractivity contribution in [1.29, 1.82) is 0 Å². The molecule has 0 aliphatic carbocycles. The highest BCUT2D eigenvalue weighted by Gasteiger charge is 2.18. The van der Waals surface area contributed by atoms with E-state index in [-0.39, 0.29) is 32.8 Å². The number of rotatable bonds is 14. The van der Waals surface area contributed by atoms with Crippen LogP contribution in [0.15, 0.2) is 162 Å². The summed E-state index contributed by atoms with van der Waals surface area (Å²) in [5.41, 5.74) is 3.53. The molecule has 0 fully saturated rings. The molecule has 0 unspecified atom stereocenters. The van der Waals surface area contributed by atoms with Gasteiger partial charge in [-0.25, -0.2) is 8.42 Å². The number of benzene rings is 6. The van der Waals surface area contributed by atoms with Gasteiger partial charge in [0.15, 0.2) is 23.0 Å². The van der Waals surface area contributed by atoms with Crippen LogP contribution in [0.25, 0.3) is 0 Å². The molecular weight excluding hydrogens is 749 g/mol. The van der Waals surface area contributed by atoms with Crippen molar-refractivity contribution < 1.29 is 37.6 Å². The second-order valence-electron chi connectivity index (χ2n) is 12.0. The molecule has 0 spiro atoms. The van der Waals surface area contributed by atoms with E-state index in [4.69, 9.17) is 18.9 Å². The second-order valence-corrected chi connectivity index (χ2v) is 13.9. The monoisotopic (exact) mass is 784 g/mol. The number of methoxy groups -OCH3 is 4. The number of hydrogen-bond acceptors (Lipinski definition) is 14. The van der Waals surface area contributed by atoms with Gasteiger partial charge in [0.2, 0.25) is 9.84 Å². The van der Waals surface area contributed by atoms with Crippen LogP contribution in [-0.2, 0) is 9.84 Å². The molecule has 0 atom stereocenters. The zero-order chi connectivity index (χ0) is 40.4. The number of hydrogen-bond donors (Lipinski definition) is 2. The lowest BCUT2D eigenvalue weighted by Gasteiger charge is -2.08. The molecule has 6 rings (SSSR count). The summed E-state index contributed by atoms with van der Waals surface area (Å²) in [6.45, 7) is 0. The fraction of sp³-hybridized carbons (Fsp3) is 0.0952. The van der Waals surface area contributed by atoms with Crippen LogP contribution in [-0.4, -0.2) is 59.5 Å². The Labute approximate surface area is 328 Å². The van der Waals surface area contributed by atoms with Crippen molar-refractivity contribution in [2.45, 2.75) is 9.79 Å². The minimum Gasteiger partial charge on any atom is -0.504 e. The van der Waals surface area contributed by atoms with Crippen LogP contribution in [0.1, 0.15) is 11.1 Å². The normalized spacial score (nSPS) is 11.9. The van der Waals surface area contributed by atoms with E-state index < -0.39 is 9.84 Å². The first kappa shape index (κ1) is 39.3. The molecule has 6 aromatic carbocycles. The smallest absolute Gasteiger partial charge is 0.206 e. The molecule has 6 aromatic rings. The third kappa shape index (κ3) is 9.65. The van der Waals surface area contributed by atoms with Gasteiger partial charge in [0, 0.05) is 35.7 Å². The fourth-order valence-corrected chi connectivity index (χ4v) is 6.49. The zero-order valence-electron chi connectivity index (χ0n) is 31.1. The Morgan fingerprint density at radius 1 is 0.439 bits per heavy atom. The minimum atomic E-state index is -3.89. The number of sulfone groups is 1. The van der Waals surface area contributed by atoms with Crippen LogP contribution in [0.4, 0.5) is 34.1 Å². The van der Waals surface area contributed by atoms with E-state index >= 15 is 0 Å². The molecule has 0 saturated heterocycles. The molecule has 0 aliphatic heterocycles. The molecule has 15 heteroatoms. The maximum atomic E-state index is 13.5. The minimum absolute atomic E-state index is 0.0563.